The second-order valence-electron chi connectivity index (χ2n) is 6.17. The lowest BCUT2D eigenvalue weighted by Crippen LogP contribution is -2.22. The van der Waals surface area contributed by atoms with Crippen LogP contribution in [0, 0.1) is 5.41 Å². The molecule has 0 aliphatic rings. The number of aromatic nitrogens is 2. The zero-order chi connectivity index (χ0) is 16.2. The van der Waals surface area contributed by atoms with Crippen LogP contribution in [0.2, 0.25) is 0 Å². The number of methoxy groups -OCH3 is 1. The Hall–Kier alpha value is -2.14. The van der Waals surface area contributed by atoms with Gasteiger partial charge in [0.15, 0.2) is 0 Å². The van der Waals surface area contributed by atoms with E-state index in [9.17, 15) is 0 Å². The zero-order valence-corrected chi connectivity index (χ0v) is 13.5. The molecule has 0 unspecified atom stereocenters. The van der Waals surface area contributed by atoms with Crippen LogP contribution in [0.3, 0.4) is 0 Å². The lowest BCUT2D eigenvalue weighted by atomic mass is 9.97. The molecule has 1 aromatic carbocycles. The van der Waals surface area contributed by atoms with Crippen molar-refractivity contribution >= 4 is 22.4 Å². The van der Waals surface area contributed by atoms with Crippen LogP contribution in [0.25, 0.3) is 10.9 Å². The minimum absolute atomic E-state index is 0.148. The number of nitrogens with one attached hydrogen (secondary N) is 3. The number of anilines is 1. The Kier molecular flexibility index (Phi) is 4.98. The second kappa shape index (κ2) is 6.75. The number of fused-ring (bicyclic) bond motifs is 1. The zero-order valence-electron chi connectivity index (χ0n) is 13.5. The molecule has 118 valence electrons. The predicted octanol–water partition coefficient (Wildman–Crippen LogP) is 4.10. The number of amidine groups is 1. The highest BCUT2D eigenvalue weighted by Crippen LogP contribution is 2.21. The first-order valence-corrected chi connectivity index (χ1v) is 7.39. The summed E-state index contributed by atoms with van der Waals surface area (Å²) in [5.41, 5.74) is 2.77. The minimum atomic E-state index is -0.148. The molecular weight excluding hydrogens is 276 g/mol. The number of H-pyrrole nitrogens is 1. The highest BCUT2D eigenvalue weighted by molar-refractivity contribution is 5.96. The minimum Gasteiger partial charge on any atom is -0.379 e. The van der Waals surface area contributed by atoms with Gasteiger partial charge in [-0.15, -0.1) is 0 Å². The molecule has 0 aliphatic heterocycles. The maximum absolute atomic E-state index is 8.08. The number of benzene rings is 1. The highest BCUT2D eigenvalue weighted by Gasteiger charge is 2.16. The van der Waals surface area contributed by atoms with Crippen LogP contribution in [-0.4, -0.2) is 28.7 Å². The van der Waals surface area contributed by atoms with Crippen LogP contribution in [0.4, 0.5) is 5.69 Å². The second-order valence-corrected chi connectivity index (χ2v) is 6.17. The maximum atomic E-state index is 8.08. The van der Waals surface area contributed by atoms with E-state index in [0.717, 1.165) is 35.0 Å². The summed E-state index contributed by atoms with van der Waals surface area (Å²) in [6.07, 6.45) is 4.07. The Morgan fingerprint density at radius 1 is 1.45 bits per heavy atom. The van der Waals surface area contributed by atoms with Gasteiger partial charge in [-0.3, -0.25) is 10.5 Å². The first-order chi connectivity index (χ1) is 10.4. The Labute approximate surface area is 131 Å². The molecule has 0 amide bonds. The van der Waals surface area contributed by atoms with Gasteiger partial charge in [0.1, 0.15) is 5.84 Å². The van der Waals surface area contributed by atoms with Gasteiger partial charge in [0, 0.05) is 24.6 Å². The molecule has 0 spiro atoms. The van der Waals surface area contributed by atoms with E-state index in [2.05, 4.69) is 35.9 Å². The van der Waals surface area contributed by atoms with Crippen molar-refractivity contribution in [2.45, 2.75) is 38.7 Å². The van der Waals surface area contributed by atoms with E-state index >= 15 is 0 Å². The summed E-state index contributed by atoms with van der Waals surface area (Å²) in [7, 11) is 1.72. The molecule has 0 fully saturated rings. The van der Waals surface area contributed by atoms with Gasteiger partial charge < -0.3 is 10.1 Å². The molecule has 0 aliphatic carbocycles. The fourth-order valence-electron chi connectivity index (χ4n) is 2.16. The molecular formula is C17H24N4O. The van der Waals surface area contributed by atoms with E-state index in [0.29, 0.717) is 12.3 Å². The largest absolute Gasteiger partial charge is 0.379 e. The lowest BCUT2D eigenvalue weighted by molar-refractivity contribution is 0.0157. The summed E-state index contributed by atoms with van der Waals surface area (Å²) in [6, 6.07) is 5.86. The van der Waals surface area contributed by atoms with E-state index in [1.807, 2.05) is 18.2 Å². The average molecular weight is 300 g/mol. The first-order valence-electron chi connectivity index (χ1n) is 7.39. The number of aromatic amines is 1. The topological polar surface area (TPSA) is 73.8 Å². The summed E-state index contributed by atoms with van der Waals surface area (Å²) in [4.78, 5) is 0. The summed E-state index contributed by atoms with van der Waals surface area (Å²) in [6.45, 7) is 8.18. The van der Waals surface area contributed by atoms with Gasteiger partial charge in [-0.2, -0.15) is 5.10 Å². The Morgan fingerprint density at radius 3 is 2.95 bits per heavy atom. The summed E-state index contributed by atoms with van der Waals surface area (Å²) in [5.74, 6) is 0.447. The van der Waals surface area contributed by atoms with Gasteiger partial charge in [0.2, 0.25) is 0 Å². The normalized spacial score (nSPS) is 11.6. The molecule has 22 heavy (non-hydrogen) atoms. The number of rotatable bonds is 7. The third-order valence-corrected chi connectivity index (χ3v) is 3.80. The Bertz CT molecular complexity index is 672. The first kappa shape index (κ1) is 16.2. The summed E-state index contributed by atoms with van der Waals surface area (Å²) < 4.78 is 5.40. The van der Waals surface area contributed by atoms with Crippen molar-refractivity contribution in [3.8, 4) is 0 Å². The third-order valence-electron chi connectivity index (χ3n) is 3.80. The number of hydrogen-bond donors (Lipinski definition) is 3. The highest BCUT2D eigenvalue weighted by atomic mass is 16.5. The van der Waals surface area contributed by atoms with Crippen molar-refractivity contribution in [3.63, 3.8) is 0 Å². The van der Waals surface area contributed by atoms with Gasteiger partial charge >= 0.3 is 0 Å². The Morgan fingerprint density at radius 2 is 2.23 bits per heavy atom. The maximum Gasteiger partial charge on any atom is 0.102 e. The SMILES string of the molecule is C=C(CCC(C)(C)OC)CC(=N)Nc1ccc2[nH]ncc2c1. The molecule has 0 radical (unpaired) electrons. The van der Waals surface area contributed by atoms with Crippen molar-refractivity contribution in [2.24, 2.45) is 0 Å². The third kappa shape index (κ3) is 4.43. The summed E-state index contributed by atoms with van der Waals surface area (Å²) in [5, 5.41) is 19.1. The molecule has 0 saturated carbocycles. The van der Waals surface area contributed by atoms with Gasteiger partial charge in [0.05, 0.1) is 17.3 Å². The molecule has 0 saturated heterocycles. The number of nitrogens with zero attached hydrogens (tertiary/aromatic N) is 1. The van der Waals surface area contributed by atoms with Crippen LogP contribution < -0.4 is 5.32 Å². The average Bonchev–Trinajstić information content (AvgIpc) is 2.92. The van der Waals surface area contributed by atoms with Crippen molar-refractivity contribution < 1.29 is 4.74 Å². The number of ether oxygens (including phenoxy) is 1. The van der Waals surface area contributed by atoms with Crippen molar-refractivity contribution in [1.29, 1.82) is 5.41 Å². The molecule has 2 rings (SSSR count). The van der Waals surface area contributed by atoms with Crippen LogP contribution in [0.5, 0.6) is 0 Å². The van der Waals surface area contributed by atoms with E-state index in [-0.39, 0.29) is 5.60 Å². The summed E-state index contributed by atoms with van der Waals surface area (Å²) >= 11 is 0. The Balaban J connectivity index is 1.85. The fraction of sp³-hybridized carbons (Fsp3) is 0.412. The van der Waals surface area contributed by atoms with Crippen LogP contribution in [0.1, 0.15) is 33.1 Å². The van der Waals surface area contributed by atoms with E-state index in [4.69, 9.17) is 10.1 Å². The molecule has 0 bridgehead atoms. The van der Waals surface area contributed by atoms with Crippen molar-refractivity contribution in [3.05, 3.63) is 36.5 Å². The molecule has 0 atom stereocenters. The van der Waals surface area contributed by atoms with Gasteiger partial charge in [0.25, 0.3) is 0 Å². The fourth-order valence-corrected chi connectivity index (χ4v) is 2.16. The smallest absolute Gasteiger partial charge is 0.102 e. The van der Waals surface area contributed by atoms with Crippen LogP contribution >= 0.6 is 0 Å². The van der Waals surface area contributed by atoms with Gasteiger partial charge in [-0.1, -0.05) is 12.2 Å². The molecule has 1 heterocycles. The quantitative estimate of drug-likeness (QED) is 0.409. The van der Waals surface area contributed by atoms with E-state index < -0.39 is 0 Å². The molecule has 3 N–H and O–H groups in total. The van der Waals surface area contributed by atoms with Crippen molar-refractivity contribution in [1.82, 2.24) is 10.2 Å². The molecule has 5 nitrogen and oxygen atoms in total. The van der Waals surface area contributed by atoms with Crippen molar-refractivity contribution in [2.75, 3.05) is 12.4 Å². The number of hydrogen-bond acceptors (Lipinski definition) is 3. The molecule has 5 heteroatoms. The van der Waals surface area contributed by atoms with Gasteiger partial charge in [-0.05, 0) is 44.9 Å². The molecule has 1 aromatic heterocycles. The standard InChI is InChI=1S/C17H24N4O/c1-12(7-8-17(2,3)22-4)9-16(18)20-14-5-6-15-13(10-14)11-19-21-15/h5-6,10-11H,1,7-9H2,2-4H3,(H2,18,20)(H,19,21). The van der Waals surface area contributed by atoms with E-state index in [1.54, 1.807) is 13.3 Å². The molecule has 2 aromatic rings. The van der Waals surface area contributed by atoms with Crippen LogP contribution in [-0.2, 0) is 4.74 Å². The van der Waals surface area contributed by atoms with Gasteiger partial charge in [-0.25, -0.2) is 0 Å². The lowest BCUT2D eigenvalue weighted by Gasteiger charge is -2.23. The predicted molar refractivity (Wildman–Crippen MR) is 91.5 cm³/mol. The van der Waals surface area contributed by atoms with Crippen LogP contribution in [0.15, 0.2) is 36.5 Å². The monoisotopic (exact) mass is 300 g/mol. The van der Waals surface area contributed by atoms with E-state index in [1.165, 1.54) is 0 Å².